The van der Waals surface area contributed by atoms with Gasteiger partial charge in [0.2, 0.25) is 0 Å². The van der Waals surface area contributed by atoms with Gasteiger partial charge in [-0.15, -0.1) is 45.3 Å². The third kappa shape index (κ3) is 9.55. The second-order valence-corrected chi connectivity index (χ2v) is 26.7. The van der Waals surface area contributed by atoms with Gasteiger partial charge in [0.1, 0.15) is 0 Å². The molecular formula is C76H56N4S4. The normalized spacial score (nSPS) is 14.4. The van der Waals surface area contributed by atoms with Crippen molar-refractivity contribution < 1.29 is 0 Å². The van der Waals surface area contributed by atoms with Gasteiger partial charge in [-0.3, -0.25) is 0 Å². The third-order valence-electron chi connectivity index (χ3n) is 16.2. The summed E-state index contributed by atoms with van der Waals surface area (Å²) in [4.78, 5) is 24.1. The quantitative estimate of drug-likeness (QED) is 0.167. The molecule has 4 nitrogen and oxygen atoms in total. The minimum Gasteiger partial charge on any atom is -0.354 e. The molecule has 0 unspecified atom stereocenters. The maximum atomic E-state index is 5.65. The highest BCUT2D eigenvalue weighted by atomic mass is 32.1. The molecule has 0 atom stereocenters. The lowest BCUT2D eigenvalue weighted by Crippen LogP contribution is -2.19. The summed E-state index contributed by atoms with van der Waals surface area (Å²) in [5.74, 6) is 0. The van der Waals surface area contributed by atoms with E-state index in [-0.39, 0.29) is 0 Å². The van der Waals surface area contributed by atoms with Crippen LogP contribution in [0.1, 0.15) is 86.3 Å². The predicted molar refractivity (Wildman–Crippen MR) is 360 cm³/mol. The number of hydrogen-bond donors (Lipinski definition) is 2. The van der Waals surface area contributed by atoms with Crippen molar-refractivity contribution in [2.45, 2.75) is 41.5 Å². The first-order valence-corrected chi connectivity index (χ1v) is 31.7. The van der Waals surface area contributed by atoms with Crippen molar-refractivity contribution in [2.24, 2.45) is 9.98 Å². The molecule has 2 N–H and O–H groups in total. The maximum absolute atomic E-state index is 5.65. The van der Waals surface area contributed by atoms with Gasteiger partial charge in [-0.1, -0.05) is 179 Å². The van der Waals surface area contributed by atoms with Crippen molar-refractivity contribution in [3.05, 3.63) is 337 Å². The van der Waals surface area contributed by atoms with E-state index in [1.165, 1.54) is 82.8 Å². The van der Waals surface area contributed by atoms with E-state index in [9.17, 15) is 0 Å². The van der Waals surface area contributed by atoms with Crippen LogP contribution >= 0.6 is 45.3 Å². The first-order valence-electron chi connectivity index (χ1n) is 28.4. The Balaban J connectivity index is 1.03. The van der Waals surface area contributed by atoms with Crippen LogP contribution in [0.3, 0.4) is 0 Å². The molecule has 6 aromatic heterocycles. The molecule has 6 aliphatic heterocycles. The molecule has 0 saturated carbocycles. The smallest absolute Gasteiger partial charge is 0.0737 e. The Morgan fingerprint density at radius 3 is 0.750 bits per heavy atom. The number of aliphatic imine (C=N–C) groups is 2. The van der Waals surface area contributed by atoms with Crippen molar-refractivity contribution in [2.75, 3.05) is 0 Å². The second kappa shape index (κ2) is 21.0. The van der Waals surface area contributed by atoms with Crippen LogP contribution in [-0.2, 0) is 0 Å². The summed E-state index contributed by atoms with van der Waals surface area (Å²) >= 11 is 7.38. The molecule has 0 spiro atoms. The van der Waals surface area contributed by atoms with Gasteiger partial charge in [0.05, 0.1) is 22.8 Å². The molecule has 12 heterocycles. The largest absolute Gasteiger partial charge is 0.354 e. The van der Waals surface area contributed by atoms with E-state index < -0.39 is 0 Å². The number of aromatic amines is 2. The van der Waals surface area contributed by atoms with E-state index >= 15 is 0 Å². The Morgan fingerprint density at radius 2 is 0.476 bits per heavy atom. The molecule has 0 saturated heterocycles. The summed E-state index contributed by atoms with van der Waals surface area (Å²) < 4.78 is 4.96. The summed E-state index contributed by atoms with van der Waals surface area (Å²) in [7, 11) is 0. The lowest BCUT2D eigenvalue weighted by atomic mass is 9.99. The van der Waals surface area contributed by atoms with Gasteiger partial charge in [0.25, 0.3) is 0 Å². The fourth-order valence-corrected chi connectivity index (χ4v) is 16.8. The number of nitrogens with zero attached hydrogens (tertiary/aromatic N) is 2. The van der Waals surface area contributed by atoms with Crippen LogP contribution in [0, 0.1) is 41.5 Å². The van der Waals surface area contributed by atoms with Crippen molar-refractivity contribution in [1.29, 1.82) is 0 Å². The third-order valence-corrected chi connectivity index (χ3v) is 20.9. The molecule has 404 valence electrons. The zero-order valence-corrected chi connectivity index (χ0v) is 50.6. The first-order chi connectivity index (χ1) is 41.0. The average molecular weight is 1150 g/mol. The highest BCUT2D eigenvalue weighted by molar-refractivity contribution is 7.29. The van der Waals surface area contributed by atoms with E-state index in [0.29, 0.717) is 0 Å². The Bertz CT molecular complexity index is 4720. The fraction of sp³-hybridized carbons (Fsp3) is 0.0789. The number of nitrogens with one attached hydrogen (secondary N) is 2. The Kier molecular flexibility index (Phi) is 13.0. The average Bonchev–Trinajstić information content (AvgIpc) is 3.10. The van der Waals surface area contributed by atoms with E-state index in [2.05, 4.69) is 270 Å². The van der Waals surface area contributed by atoms with Crippen molar-refractivity contribution in [1.82, 2.24) is 9.97 Å². The maximum Gasteiger partial charge on any atom is 0.0737 e. The molecule has 0 radical (unpaired) electrons. The van der Waals surface area contributed by atoms with Gasteiger partial charge in [0, 0.05) is 93.1 Å². The van der Waals surface area contributed by atoms with Crippen LogP contribution in [0.4, 0.5) is 0 Å². The van der Waals surface area contributed by atoms with Crippen LogP contribution in [-0.4, -0.2) is 21.4 Å². The molecule has 0 amide bonds. The highest BCUT2D eigenvalue weighted by Crippen LogP contribution is 2.45. The number of hydrogen-bond acceptors (Lipinski definition) is 6. The molecule has 0 aliphatic carbocycles. The Hall–Kier alpha value is -9.02. The number of rotatable bonds is 6. The number of benzene rings is 6. The van der Waals surface area contributed by atoms with E-state index in [4.69, 9.17) is 9.98 Å². The van der Waals surface area contributed by atoms with Crippen LogP contribution in [0.25, 0.3) is 52.2 Å². The van der Waals surface area contributed by atoms with Gasteiger partial charge >= 0.3 is 0 Å². The van der Waals surface area contributed by atoms with E-state index in [1.54, 1.807) is 0 Å². The topological polar surface area (TPSA) is 56.3 Å². The zero-order valence-electron chi connectivity index (χ0n) is 47.3. The monoisotopic (exact) mass is 1150 g/mol. The second-order valence-electron chi connectivity index (χ2n) is 22.3. The van der Waals surface area contributed by atoms with Crippen molar-refractivity contribution >= 4 is 109 Å². The summed E-state index contributed by atoms with van der Waals surface area (Å²) in [6.07, 6.45) is 8.86. The van der Waals surface area contributed by atoms with Gasteiger partial charge in [-0.2, -0.15) is 0 Å². The minimum absolute atomic E-state index is 0.916. The molecule has 0 fully saturated rings. The lowest BCUT2D eigenvalue weighted by molar-refractivity contribution is 1.25. The Morgan fingerprint density at radius 1 is 0.250 bits per heavy atom. The van der Waals surface area contributed by atoms with Gasteiger partial charge in [0.15, 0.2) is 0 Å². The molecular weight excluding hydrogens is 1100 g/mol. The number of aromatic nitrogens is 2. The van der Waals surface area contributed by atoms with Gasteiger partial charge in [-0.25, -0.2) is 9.98 Å². The number of thiophene rings is 4. The van der Waals surface area contributed by atoms with E-state index in [1.807, 2.05) is 45.3 Å². The van der Waals surface area contributed by atoms with Crippen LogP contribution in [0.2, 0.25) is 0 Å². The molecule has 16 bridgehead atoms. The van der Waals surface area contributed by atoms with Crippen LogP contribution < -0.4 is 21.4 Å². The number of aryl methyl sites for hydroxylation is 6. The Labute approximate surface area is 504 Å². The van der Waals surface area contributed by atoms with Gasteiger partial charge < -0.3 is 9.97 Å². The molecule has 8 heteroatoms. The number of allylic oxidation sites excluding steroid dienone is 4. The molecule has 12 aromatic rings. The van der Waals surface area contributed by atoms with E-state index in [0.717, 1.165) is 99.9 Å². The molecule has 6 aromatic carbocycles. The fourth-order valence-electron chi connectivity index (χ4n) is 11.7. The molecule has 18 rings (SSSR count). The first kappa shape index (κ1) is 51.8. The predicted octanol–water partition coefficient (Wildman–Crippen LogP) is 16.9. The minimum atomic E-state index is 0.916. The standard InChI is InChI=1S/C76H56N4S4/c1-43-7-19-49(20-8-43)71-55-31-35-59(77-55)73(51-23-11-45(3)12-24-51)67-39-63-65(81-67)41-69(83-63)75(53-27-15-47(5)16-28-53)61-37-33-57(79-61)72(50-21-9-44(2)10-22-50)58-34-38-62(80-58)76(54-29-17-48(6)18-30-54)70-42-66-64(84-70)40-68(82-66)74(60-36-32-56(71)78-60)52-25-13-46(4)14-26-52/h7-42,77,80H,1-6H3. The SMILES string of the molecule is Cc1ccc(C2=C3C=CC(=N3)C(c3ccc(C)cc3)=c3ccc([nH]3)=C(c3ccc(C)cc3)c3cc4sc(cc4s3)C(c3ccc(C)cc3)=C3C=CC(=N3)C(c3ccc(C)cc3)=c3ccc([nH]3)=C(c3ccc(C)cc3)c3cc4sc2cc4s3)cc1. The van der Waals surface area contributed by atoms with Gasteiger partial charge in [-0.05, 0) is 148 Å². The number of H-pyrrole nitrogens is 2. The van der Waals surface area contributed by atoms with Crippen LogP contribution in [0.5, 0.6) is 0 Å². The van der Waals surface area contributed by atoms with Crippen LogP contribution in [0.15, 0.2) is 240 Å². The molecule has 84 heavy (non-hydrogen) atoms. The summed E-state index contributed by atoms with van der Waals surface area (Å²) in [6.45, 7) is 12.9. The lowest BCUT2D eigenvalue weighted by Gasteiger charge is -2.10. The molecule has 6 aliphatic rings. The summed E-state index contributed by atoms with van der Waals surface area (Å²) in [6, 6.07) is 72.1. The summed E-state index contributed by atoms with van der Waals surface area (Å²) in [5, 5.41) is 4.12. The zero-order chi connectivity index (χ0) is 56.7. The van der Waals surface area contributed by atoms with Crippen molar-refractivity contribution in [3.8, 4) is 0 Å². The highest BCUT2D eigenvalue weighted by Gasteiger charge is 2.25. The van der Waals surface area contributed by atoms with Crippen molar-refractivity contribution in [3.63, 3.8) is 0 Å². The summed E-state index contributed by atoms with van der Waals surface area (Å²) in [5.41, 5.74) is 24.5.